The maximum absolute atomic E-state index is 13.1. The Hall–Kier alpha value is -3.15. The summed E-state index contributed by atoms with van der Waals surface area (Å²) < 4.78 is 11.3. The molecule has 1 unspecified atom stereocenters. The summed E-state index contributed by atoms with van der Waals surface area (Å²) in [6.07, 6.45) is 0.182. The number of imide groups is 2. The number of hydrogen-bond donors (Lipinski definition) is 1. The van der Waals surface area contributed by atoms with Gasteiger partial charge in [0.2, 0.25) is 11.8 Å². The summed E-state index contributed by atoms with van der Waals surface area (Å²) >= 11 is 1.47. The lowest BCUT2D eigenvalue weighted by Gasteiger charge is -2.27. The molecular weight excluding hydrogens is 448 g/mol. The van der Waals surface area contributed by atoms with E-state index in [1.807, 2.05) is 5.38 Å². The smallest absolute Gasteiger partial charge is 0.266 e. The highest BCUT2D eigenvalue weighted by atomic mass is 32.1. The number of carbonyl (C=O) groups excluding carboxylic acids is 4. The molecule has 3 aliphatic rings. The van der Waals surface area contributed by atoms with Crippen molar-refractivity contribution >= 4 is 35.0 Å². The molecule has 10 nitrogen and oxygen atoms in total. The van der Waals surface area contributed by atoms with Gasteiger partial charge in [0.1, 0.15) is 23.4 Å². The Morgan fingerprint density at radius 3 is 2.76 bits per heavy atom. The van der Waals surface area contributed by atoms with Crippen molar-refractivity contribution in [2.24, 2.45) is 0 Å². The molecule has 3 aliphatic heterocycles. The average Bonchev–Trinajstić information content (AvgIpc) is 3.36. The van der Waals surface area contributed by atoms with Crippen LogP contribution in [0.1, 0.15) is 44.3 Å². The van der Waals surface area contributed by atoms with E-state index >= 15 is 0 Å². The minimum absolute atomic E-state index is 0.0734. The first-order chi connectivity index (χ1) is 16.0. The lowest BCUT2D eigenvalue weighted by Crippen LogP contribution is -2.54. The first-order valence-electron chi connectivity index (χ1n) is 10.7. The number of nitrogens with one attached hydrogen (secondary N) is 1. The number of fused-ring (bicyclic) bond motifs is 1. The van der Waals surface area contributed by atoms with Crippen LogP contribution >= 0.6 is 11.3 Å². The fourth-order valence-electron chi connectivity index (χ4n) is 4.22. The number of ether oxygens (including phenoxy) is 2. The number of hydrogen-bond acceptors (Lipinski definition) is 9. The van der Waals surface area contributed by atoms with Gasteiger partial charge in [-0.2, -0.15) is 0 Å². The minimum atomic E-state index is -1.01. The van der Waals surface area contributed by atoms with Crippen molar-refractivity contribution in [3.05, 3.63) is 45.4 Å². The number of nitrogens with zero attached hydrogens (tertiary/aromatic N) is 3. The first kappa shape index (κ1) is 21.7. The number of thiazole rings is 1. The molecule has 1 N–H and O–H groups in total. The third-order valence-electron chi connectivity index (χ3n) is 5.87. The minimum Gasteiger partial charge on any atom is -0.486 e. The summed E-state index contributed by atoms with van der Waals surface area (Å²) in [7, 11) is 0. The molecule has 1 aromatic carbocycles. The Morgan fingerprint density at radius 1 is 1.15 bits per heavy atom. The van der Waals surface area contributed by atoms with Gasteiger partial charge in [-0.3, -0.25) is 34.3 Å². The van der Waals surface area contributed by atoms with Gasteiger partial charge in [0.15, 0.2) is 0 Å². The second kappa shape index (κ2) is 9.00. The fourth-order valence-corrected chi connectivity index (χ4v) is 4.92. The van der Waals surface area contributed by atoms with Gasteiger partial charge in [-0.05, 0) is 18.6 Å². The third-order valence-corrected chi connectivity index (χ3v) is 6.74. The molecule has 172 valence electrons. The lowest BCUT2D eigenvalue weighted by molar-refractivity contribution is -0.136. The number of benzene rings is 1. The van der Waals surface area contributed by atoms with Gasteiger partial charge < -0.3 is 9.47 Å². The van der Waals surface area contributed by atoms with Crippen LogP contribution in [0.25, 0.3) is 0 Å². The summed E-state index contributed by atoms with van der Waals surface area (Å²) in [6.45, 7) is 4.10. The highest BCUT2D eigenvalue weighted by molar-refractivity contribution is 7.09. The quantitative estimate of drug-likeness (QED) is 0.620. The molecule has 5 rings (SSSR count). The standard InChI is InChI=1S/C22H22N4O6S/c27-17-5-4-15(20(28)24-17)26-21(29)14-2-1-3-16(19(14)22(26)30)32-11-18-23-13(12-33-18)10-25-6-8-31-9-7-25/h1-3,12,15H,4-11H2,(H,24,27,28). The number of morpholine rings is 1. The normalized spacial score (nSPS) is 21.3. The van der Waals surface area contributed by atoms with E-state index in [1.165, 1.54) is 17.4 Å². The highest BCUT2D eigenvalue weighted by Crippen LogP contribution is 2.34. The van der Waals surface area contributed by atoms with Crippen LogP contribution in [0.4, 0.5) is 0 Å². The van der Waals surface area contributed by atoms with E-state index in [-0.39, 0.29) is 36.3 Å². The summed E-state index contributed by atoms with van der Waals surface area (Å²) in [5, 5.41) is 4.94. The zero-order chi connectivity index (χ0) is 22.9. The van der Waals surface area contributed by atoms with E-state index in [0.29, 0.717) is 0 Å². The van der Waals surface area contributed by atoms with Crippen molar-refractivity contribution in [3.63, 3.8) is 0 Å². The van der Waals surface area contributed by atoms with Crippen molar-refractivity contribution in [3.8, 4) is 5.75 Å². The maximum Gasteiger partial charge on any atom is 0.266 e. The first-order valence-corrected chi connectivity index (χ1v) is 11.6. The molecule has 1 atom stereocenters. The number of aromatic nitrogens is 1. The van der Waals surface area contributed by atoms with Crippen LogP contribution < -0.4 is 10.1 Å². The van der Waals surface area contributed by atoms with Gasteiger partial charge in [0, 0.05) is 31.4 Å². The van der Waals surface area contributed by atoms with Crippen molar-refractivity contribution in [2.45, 2.75) is 32.0 Å². The monoisotopic (exact) mass is 470 g/mol. The van der Waals surface area contributed by atoms with Gasteiger partial charge in [-0.1, -0.05) is 6.07 Å². The van der Waals surface area contributed by atoms with Gasteiger partial charge in [-0.15, -0.1) is 11.3 Å². The van der Waals surface area contributed by atoms with Crippen LogP contribution in [0.15, 0.2) is 23.6 Å². The van der Waals surface area contributed by atoms with Crippen LogP contribution in [0.5, 0.6) is 5.75 Å². The number of carbonyl (C=O) groups is 4. The van der Waals surface area contributed by atoms with Gasteiger partial charge in [0.05, 0.1) is 30.0 Å². The van der Waals surface area contributed by atoms with Crippen LogP contribution in [0, 0.1) is 0 Å². The van der Waals surface area contributed by atoms with Crippen molar-refractivity contribution in [1.82, 2.24) is 20.1 Å². The van der Waals surface area contributed by atoms with E-state index in [2.05, 4.69) is 15.2 Å². The average molecular weight is 471 g/mol. The van der Waals surface area contributed by atoms with Gasteiger partial charge >= 0.3 is 0 Å². The predicted molar refractivity (Wildman–Crippen MR) is 116 cm³/mol. The third kappa shape index (κ3) is 4.26. The molecule has 2 saturated heterocycles. The molecule has 0 radical (unpaired) electrons. The Balaban J connectivity index is 1.29. The van der Waals surface area contributed by atoms with E-state index in [9.17, 15) is 19.2 Å². The largest absolute Gasteiger partial charge is 0.486 e. The highest BCUT2D eigenvalue weighted by Gasteiger charge is 2.46. The molecule has 0 saturated carbocycles. The van der Waals surface area contributed by atoms with Gasteiger partial charge in [-0.25, -0.2) is 4.98 Å². The molecule has 33 heavy (non-hydrogen) atoms. The maximum atomic E-state index is 13.1. The molecule has 4 heterocycles. The molecule has 2 fully saturated rings. The van der Waals surface area contributed by atoms with E-state index < -0.39 is 29.7 Å². The Kier molecular flexibility index (Phi) is 5.92. The van der Waals surface area contributed by atoms with Crippen LogP contribution in [-0.2, 0) is 27.5 Å². The van der Waals surface area contributed by atoms with Crippen molar-refractivity contribution in [2.75, 3.05) is 26.3 Å². The number of rotatable bonds is 6. The zero-order valence-corrected chi connectivity index (χ0v) is 18.6. The Labute approximate surface area is 193 Å². The topological polar surface area (TPSA) is 118 Å². The molecule has 0 spiro atoms. The lowest BCUT2D eigenvalue weighted by atomic mass is 10.0. The van der Waals surface area contributed by atoms with E-state index in [4.69, 9.17) is 9.47 Å². The predicted octanol–water partition coefficient (Wildman–Crippen LogP) is 0.955. The van der Waals surface area contributed by atoms with Crippen LogP contribution in [0.2, 0.25) is 0 Å². The molecule has 0 bridgehead atoms. The molecule has 11 heteroatoms. The summed E-state index contributed by atoms with van der Waals surface area (Å²) in [5.41, 5.74) is 1.28. The van der Waals surface area contributed by atoms with Crippen LogP contribution in [-0.4, -0.2) is 70.8 Å². The molecule has 2 aromatic rings. The van der Waals surface area contributed by atoms with Crippen molar-refractivity contribution < 1.29 is 28.7 Å². The Bertz CT molecular complexity index is 1130. The van der Waals surface area contributed by atoms with E-state index in [0.717, 1.165) is 48.4 Å². The number of piperidine rings is 1. The second-order valence-corrected chi connectivity index (χ2v) is 8.98. The summed E-state index contributed by atoms with van der Waals surface area (Å²) in [4.78, 5) is 57.6. The van der Waals surface area contributed by atoms with Gasteiger partial charge in [0.25, 0.3) is 11.8 Å². The summed E-state index contributed by atoms with van der Waals surface area (Å²) in [5.74, 6) is -1.93. The van der Waals surface area contributed by atoms with Crippen LogP contribution in [0.3, 0.4) is 0 Å². The molecule has 4 amide bonds. The zero-order valence-electron chi connectivity index (χ0n) is 17.7. The molecule has 0 aliphatic carbocycles. The fraction of sp³-hybridized carbons (Fsp3) is 0.409. The molecular formula is C22H22N4O6S. The van der Waals surface area contributed by atoms with Crippen molar-refractivity contribution in [1.29, 1.82) is 0 Å². The Morgan fingerprint density at radius 2 is 1.97 bits per heavy atom. The second-order valence-electron chi connectivity index (χ2n) is 8.04. The SMILES string of the molecule is O=C1CCC(N2C(=O)c3cccc(OCc4nc(CN5CCOCC5)cs4)c3C2=O)C(=O)N1. The molecule has 1 aromatic heterocycles. The number of amides is 4. The summed E-state index contributed by atoms with van der Waals surface area (Å²) in [6, 6.07) is 3.79. The van der Waals surface area contributed by atoms with E-state index in [1.54, 1.807) is 12.1 Å².